The molecule has 1 aromatic carbocycles. The molecule has 1 saturated heterocycles. The molecule has 1 aliphatic rings. The number of piperidine rings is 1. The number of aromatic amines is 1. The number of aryl methyl sites for hydroxylation is 2. The van der Waals surface area contributed by atoms with Gasteiger partial charge in [0.15, 0.2) is 5.65 Å². The van der Waals surface area contributed by atoms with Gasteiger partial charge in [0.2, 0.25) is 0 Å². The van der Waals surface area contributed by atoms with Crippen molar-refractivity contribution in [3.05, 3.63) is 53.0 Å². The largest absolute Gasteiger partial charge is 0.354 e. The molecule has 1 aliphatic heterocycles. The van der Waals surface area contributed by atoms with E-state index in [-0.39, 0.29) is 0 Å². The van der Waals surface area contributed by atoms with Gasteiger partial charge in [-0.15, -0.1) is 0 Å². The molecular formula is C24H29N5. The highest BCUT2D eigenvalue weighted by Gasteiger charge is 2.22. The SMILES string of the molecule is Cc1nc2c(-c3[nH]c4ccc(C5CCNCC5)cc4c3C(C)C)ccc(C)n2n1. The zero-order chi connectivity index (χ0) is 20.1. The van der Waals surface area contributed by atoms with E-state index in [4.69, 9.17) is 4.98 Å². The molecular weight excluding hydrogens is 358 g/mol. The third-order valence-corrected chi connectivity index (χ3v) is 6.30. The lowest BCUT2D eigenvalue weighted by atomic mass is 9.88. The summed E-state index contributed by atoms with van der Waals surface area (Å²) in [6.07, 6.45) is 2.44. The predicted molar refractivity (Wildman–Crippen MR) is 119 cm³/mol. The van der Waals surface area contributed by atoms with Crippen molar-refractivity contribution in [2.75, 3.05) is 13.1 Å². The molecule has 0 bridgehead atoms. The van der Waals surface area contributed by atoms with Gasteiger partial charge in [-0.3, -0.25) is 0 Å². The van der Waals surface area contributed by atoms with Gasteiger partial charge < -0.3 is 10.3 Å². The van der Waals surface area contributed by atoms with Crippen molar-refractivity contribution >= 4 is 16.6 Å². The zero-order valence-corrected chi connectivity index (χ0v) is 17.7. The number of nitrogens with zero attached hydrogens (tertiary/aromatic N) is 3. The lowest BCUT2D eigenvalue weighted by Gasteiger charge is -2.23. The van der Waals surface area contributed by atoms with Gasteiger partial charge in [-0.25, -0.2) is 9.50 Å². The van der Waals surface area contributed by atoms with Crippen LogP contribution in [0.15, 0.2) is 30.3 Å². The van der Waals surface area contributed by atoms with Gasteiger partial charge in [-0.1, -0.05) is 19.9 Å². The van der Waals surface area contributed by atoms with E-state index < -0.39 is 0 Å². The number of aromatic nitrogens is 4. The molecule has 0 atom stereocenters. The van der Waals surface area contributed by atoms with Gasteiger partial charge in [-0.2, -0.15) is 5.10 Å². The summed E-state index contributed by atoms with van der Waals surface area (Å²) in [6, 6.07) is 11.3. The van der Waals surface area contributed by atoms with Crippen LogP contribution in [0.4, 0.5) is 0 Å². The predicted octanol–water partition coefficient (Wildman–Crippen LogP) is 5.08. The number of nitrogens with one attached hydrogen (secondary N) is 2. The molecule has 5 rings (SSSR count). The molecule has 5 nitrogen and oxygen atoms in total. The van der Waals surface area contributed by atoms with Crippen LogP contribution >= 0.6 is 0 Å². The number of hydrogen-bond donors (Lipinski definition) is 2. The second-order valence-corrected chi connectivity index (χ2v) is 8.68. The van der Waals surface area contributed by atoms with Crippen molar-refractivity contribution in [3.63, 3.8) is 0 Å². The minimum atomic E-state index is 0.410. The van der Waals surface area contributed by atoms with E-state index in [1.807, 2.05) is 11.4 Å². The molecule has 150 valence electrons. The number of fused-ring (bicyclic) bond motifs is 2. The van der Waals surface area contributed by atoms with Crippen LogP contribution in [0.5, 0.6) is 0 Å². The first kappa shape index (κ1) is 18.4. The van der Waals surface area contributed by atoms with Crippen molar-refractivity contribution in [2.24, 2.45) is 0 Å². The number of pyridine rings is 1. The highest BCUT2D eigenvalue weighted by Crippen LogP contribution is 2.39. The van der Waals surface area contributed by atoms with E-state index in [0.717, 1.165) is 35.8 Å². The fourth-order valence-electron chi connectivity index (χ4n) is 4.83. The highest BCUT2D eigenvalue weighted by atomic mass is 15.3. The van der Waals surface area contributed by atoms with Gasteiger partial charge >= 0.3 is 0 Å². The van der Waals surface area contributed by atoms with E-state index in [1.165, 1.54) is 40.6 Å². The monoisotopic (exact) mass is 387 g/mol. The topological polar surface area (TPSA) is 58.0 Å². The molecule has 4 aromatic rings. The van der Waals surface area contributed by atoms with Crippen LogP contribution in [0.1, 0.15) is 61.2 Å². The molecule has 0 saturated carbocycles. The van der Waals surface area contributed by atoms with Gasteiger partial charge in [-0.05, 0) is 87.0 Å². The number of rotatable bonds is 3. The highest BCUT2D eigenvalue weighted by molar-refractivity contribution is 5.94. The third-order valence-electron chi connectivity index (χ3n) is 6.30. The second kappa shape index (κ2) is 6.99. The smallest absolute Gasteiger partial charge is 0.165 e. The summed E-state index contributed by atoms with van der Waals surface area (Å²) in [6.45, 7) is 10.8. The zero-order valence-electron chi connectivity index (χ0n) is 17.7. The maximum Gasteiger partial charge on any atom is 0.165 e. The average molecular weight is 388 g/mol. The first-order valence-corrected chi connectivity index (χ1v) is 10.7. The maximum absolute atomic E-state index is 4.74. The summed E-state index contributed by atoms with van der Waals surface area (Å²) in [4.78, 5) is 8.46. The molecule has 4 heterocycles. The molecule has 0 radical (unpaired) electrons. The Hall–Kier alpha value is -2.66. The Morgan fingerprint density at radius 3 is 2.62 bits per heavy atom. The van der Waals surface area contributed by atoms with Crippen LogP contribution in [0.3, 0.4) is 0 Å². The van der Waals surface area contributed by atoms with Gasteiger partial charge in [0.25, 0.3) is 0 Å². The molecule has 0 aliphatic carbocycles. The Bertz CT molecular complexity index is 1190. The molecule has 3 aromatic heterocycles. The normalized spacial score (nSPS) is 15.8. The van der Waals surface area contributed by atoms with Crippen LogP contribution in [0.2, 0.25) is 0 Å². The van der Waals surface area contributed by atoms with Crippen molar-refractivity contribution in [2.45, 2.75) is 52.4 Å². The summed E-state index contributed by atoms with van der Waals surface area (Å²) < 4.78 is 1.96. The number of benzene rings is 1. The van der Waals surface area contributed by atoms with Gasteiger partial charge in [0.1, 0.15) is 5.82 Å². The van der Waals surface area contributed by atoms with Crippen molar-refractivity contribution in [3.8, 4) is 11.3 Å². The Morgan fingerprint density at radius 2 is 1.86 bits per heavy atom. The van der Waals surface area contributed by atoms with E-state index in [1.54, 1.807) is 0 Å². The molecule has 5 heteroatoms. The van der Waals surface area contributed by atoms with Crippen molar-refractivity contribution < 1.29 is 0 Å². The van der Waals surface area contributed by atoms with Crippen LogP contribution in [-0.4, -0.2) is 32.7 Å². The van der Waals surface area contributed by atoms with Crippen molar-refractivity contribution in [1.29, 1.82) is 0 Å². The van der Waals surface area contributed by atoms with Crippen LogP contribution in [0, 0.1) is 13.8 Å². The lowest BCUT2D eigenvalue weighted by Crippen LogP contribution is -2.26. The molecule has 29 heavy (non-hydrogen) atoms. The summed E-state index contributed by atoms with van der Waals surface area (Å²) in [5, 5.41) is 9.42. The van der Waals surface area contributed by atoms with E-state index in [2.05, 4.69) is 66.5 Å². The van der Waals surface area contributed by atoms with Crippen LogP contribution < -0.4 is 5.32 Å². The molecule has 2 N–H and O–H groups in total. The standard InChI is InChI=1S/C24H29N5/c1-14(2)22-20-13-18(17-9-11-25-12-10-17)6-8-21(20)27-23(22)19-7-5-15(3)29-24(19)26-16(4)28-29/h5-8,13-14,17,25,27H,9-12H2,1-4H3. The molecule has 0 unspecified atom stereocenters. The minimum Gasteiger partial charge on any atom is -0.354 e. The fourth-order valence-corrected chi connectivity index (χ4v) is 4.83. The second-order valence-electron chi connectivity index (χ2n) is 8.68. The lowest BCUT2D eigenvalue weighted by molar-refractivity contribution is 0.460. The Balaban J connectivity index is 1.72. The average Bonchev–Trinajstić information content (AvgIpc) is 3.29. The van der Waals surface area contributed by atoms with E-state index in [0.29, 0.717) is 11.8 Å². The van der Waals surface area contributed by atoms with E-state index in [9.17, 15) is 0 Å². The third kappa shape index (κ3) is 3.04. The van der Waals surface area contributed by atoms with Crippen LogP contribution in [0.25, 0.3) is 27.8 Å². The number of H-pyrrole nitrogens is 1. The number of hydrogen-bond acceptors (Lipinski definition) is 3. The quantitative estimate of drug-likeness (QED) is 0.515. The van der Waals surface area contributed by atoms with Gasteiger partial charge in [0, 0.05) is 22.2 Å². The summed E-state index contributed by atoms with van der Waals surface area (Å²) in [5.41, 5.74) is 8.38. The van der Waals surface area contributed by atoms with Crippen LogP contribution in [-0.2, 0) is 0 Å². The first-order valence-electron chi connectivity index (χ1n) is 10.7. The van der Waals surface area contributed by atoms with Crippen molar-refractivity contribution in [1.82, 2.24) is 24.9 Å². The maximum atomic E-state index is 4.74. The van der Waals surface area contributed by atoms with E-state index >= 15 is 0 Å². The summed E-state index contributed by atoms with van der Waals surface area (Å²) in [5.74, 6) is 1.87. The first-order chi connectivity index (χ1) is 14.0. The molecule has 0 spiro atoms. The summed E-state index contributed by atoms with van der Waals surface area (Å²) in [7, 11) is 0. The minimum absolute atomic E-state index is 0.410. The Kier molecular flexibility index (Phi) is 4.43. The van der Waals surface area contributed by atoms with Gasteiger partial charge in [0.05, 0.1) is 5.69 Å². The Labute approximate surface area is 171 Å². The Morgan fingerprint density at radius 1 is 1.07 bits per heavy atom. The molecule has 1 fully saturated rings. The molecule has 0 amide bonds. The fraction of sp³-hybridized carbons (Fsp3) is 0.417. The summed E-state index contributed by atoms with van der Waals surface area (Å²) >= 11 is 0.